The van der Waals surface area contributed by atoms with Crippen molar-refractivity contribution >= 4 is 19.6 Å². The Hall–Kier alpha value is -0.550. The number of aliphatic hydroxyl groups excluding tert-OH is 2. The van der Waals surface area contributed by atoms with E-state index in [1.165, 1.54) is 6.92 Å². The fraction of sp³-hybridized carbons (Fsp3) is 0.714. The fourth-order valence-electron chi connectivity index (χ4n) is 0.651. The van der Waals surface area contributed by atoms with Gasteiger partial charge in [0.25, 0.3) is 0 Å². The third-order valence-electron chi connectivity index (χ3n) is 1.37. The van der Waals surface area contributed by atoms with Gasteiger partial charge in [0, 0.05) is 13.1 Å². The number of rotatable bonds is 6. The number of hydrogen-bond acceptors (Lipinski definition) is 5. The number of amides is 1. The van der Waals surface area contributed by atoms with Crippen molar-refractivity contribution < 1.29 is 24.7 Å². The predicted octanol–water partition coefficient (Wildman–Crippen LogP) is -1.61. The number of nitrogens with one attached hydrogen (secondary N) is 1. The van der Waals surface area contributed by atoms with Crippen LogP contribution in [0.4, 0.5) is 0 Å². The molecule has 0 saturated heterocycles. The highest BCUT2D eigenvalue weighted by molar-refractivity contribution is 7.69. The summed E-state index contributed by atoms with van der Waals surface area (Å²) in [5, 5.41) is 19.6. The lowest BCUT2D eigenvalue weighted by Gasteiger charge is -2.12. The van der Waals surface area contributed by atoms with E-state index in [4.69, 9.17) is 10.2 Å². The Labute approximate surface area is 82.8 Å². The number of hydrogen-bond donors (Lipinski definition) is 4. The van der Waals surface area contributed by atoms with Crippen LogP contribution in [0.15, 0.2) is 0 Å². The van der Waals surface area contributed by atoms with Crippen molar-refractivity contribution in [2.24, 2.45) is 0 Å². The molecule has 14 heavy (non-hydrogen) atoms. The topological polar surface area (TPSA) is 107 Å². The molecule has 4 N–H and O–H groups in total. The van der Waals surface area contributed by atoms with E-state index < -0.39 is 26.4 Å². The van der Waals surface area contributed by atoms with E-state index in [1.807, 2.05) is 0 Å². The zero-order valence-electron chi connectivity index (χ0n) is 7.80. The summed E-state index contributed by atoms with van der Waals surface area (Å²) in [6, 6.07) is 0. The van der Waals surface area contributed by atoms with Gasteiger partial charge in [-0.2, -0.15) is 0 Å². The Bertz CT molecular complexity index is 210. The molecule has 0 aromatic carbocycles. The molecule has 2 unspecified atom stereocenters. The van der Waals surface area contributed by atoms with Gasteiger partial charge in [-0.25, -0.2) is 0 Å². The van der Waals surface area contributed by atoms with E-state index in [-0.39, 0.29) is 18.6 Å². The number of aliphatic hydroxyl groups is 2. The van der Waals surface area contributed by atoms with Crippen molar-refractivity contribution in [2.45, 2.75) is 13.0 Å². The molecule has 0 saturated carbocycles. The summed E-state index contributed by atoms with van der Waals surface area (Å²) in [6.07, 6.45) is -1.25. The smallest absolute Gasteiger partial charge is 0.217 e. The first-order valence-corrected chi connectivity index (χ1v) is 5.48. The van der Waals surface area contributed by atoms with Crippen LogP contribution in [0, 0.1) is 0 Å². The third-order valence-corrected chi connectivity index (χ3v) is 2.87. The largest absolute Gasteiger partial charge is 0.394 e. The fourth-order valence-corrected chi connectivity index (χ4v) is 1.63. The van der Waals surface area contributed by atoms with Crippen molar-refractivity contribution in [1.82, 2.24) is 5.32 Å². The molecule has 6 nitrogen and oxygen atoms in total. The molecule has 0 aliphatic heterocycles. The molecule has 0 rings (SSSR count). The highest BCUT2D eigenvalue weighted by Gasteiger charge is 2.18. The molecule has 0 aliphatic carbocycles. The molecule has 0 radical (unpaired) electrons. The zero-order valence-corrected chi connectivity index (χ0v) is 8.70. The maximum Gasteiger partial charge on any atom is 0.217 e. The van der Waals surface area contributed by atoms with Crippen LogP contribution in [-0.2, 0) is 9.59 Å². The van der Waals surface area contributed by atoms with Crippen LogP contribution in [0.1, 0.15) is 6.92 Å². The Morgan fingerprint density at radius 3 is 2.50 bits per heavy atom. The Morgan fingerprint density at radius 1 is 1.50 bits per heavy atom. The monoisotopic (exact) mass is 223 g/mol. The van der Waals surface area contributed by atoms with Crippen molar-refractivity contribution in [2.75, 3.05) is 19.3 Å². The van der Waals surface area contributed by atoms with E-state index >= 15 is 0 Å². The first-order valence-electron chi connectivity index (χ1n) is 4.00. The van der Waals surface area contributed by atoms with Crippen LogP contribution in [0.5, 0.6) is 0 Å². The van der Waals surface area contributed by atoms with Gasteiger partial charge in [-0.15, -0.1) is 0 Å². The molecule has 82 valence electrons. The standard InChI is InChI=1S/C7H14NO5P/c1-5(10)8-2-7(12)14(13)4-6(11)3-9/h6,9,11,13H,2-4H2,1H3,(H,8,10). The Morgan fingerprint density at radius 2 is 2.07 bits per heavy atom. The van der Waals surface area contributed by atoms with Crippen molar-refractivity contribution in [3.63, 3.8) is 0 Å². The second-order valence-electron chi connectivity index (χ2n) is 2.72. The summed E-state index contributed by atoms with van der Waals surface area (Å²) in [5.41, 5.74) is -0.525. The maximum absolute atomic E-state index is 11.1. The molecular weight excluding hydrogens is 209 g/mol. The van der Waals surface area contributed by atoms with Gasteiger partial charge in [-0.1, -0.05) is 0 Å². The highest BCUT2D eigenvalue weighted by Crippen LogP contribution is 2.30. The first-order chi connectivity index (χ1) is 6.47. The average molecular weight is 223 g/mol. The quantitative estimate of drug-likeness (QED) is 0.405. The van der Waals surface area contributed by atoms with E-state index in [2.05, 4.69) is 5.32 Å². The van der Waals surface area contributed by atoms with Gasteiger partial charge in [-0.05, 0) is 0 Å². The number of carbonyl (C=O) groups excluding carboxylic acids is 2. The minimum absolute atomic E-state index is 0.162. The molecule has 2 atom stereocenters. The Balaban J connectivity index is 3.81. The van der Waals surface area contributed by atoms with Crippen LogP contribution in [0.3, 0.4) is 0 Å². The zero-order chi connectivity index (χ0) is 11.1. The molecule has 0 fully saturated rings. The van der Waals surface area contributed by atoms with Crippen molar-refractivity contribution in [1.29, 1.82) is 0 Å². The highest BCUT2D eigenvalue weighted by atomic mass is 31.1. The minimum atomic E-state index is -1.98. The number of carbonyl (C=O) groups is 2. The van der Waals surface area contributed by atoms with Gasteiger partial charge < -0.3 is 20.4 Å². The SMILES string of the molecule is CC(=O)NCC(=O)P(O)CC(O)CO. The van der Waals surface area contributed by atoms with Crippen molar-refractivity contribution in [3.05, 3.63) is 0 Å². The molecular formula is C7H14NO5P. The van der Waals surface area contributed by atoms with Crippen LogP contribution in [0.25, 0.3) is 0 Å². The molecule has 1 amide bonds. The molecule has 0 bridgehead atoms. The summed E-state index contributed by atoms with van der Waals surface area (Å²) in [4.78, 5) is 30.7. The second-order valence-corrected chi connectivity index (χ2v) is 4.39. The second kappa shape index (κ2) is 6.84. The van der Waals surface area contributed by atoms with Gasteiger partial charge in [0.1, 0.15) is 0 Å². The molecule has 0 aliphatic rings. The van der Waals surface area contributed by atoms with Crippen LogP contribution in [-0.4, -0.2) is 52.0 Å². The van der Waals surface area contributed by atoms with Gasteiger partial charge in [0.2, 0.25) is 5.91 Å². The average Bonchev–Trinajstić information content (AvgIpc) is 2.13. The Kier molecular flexibility index (Phi) is 6.57. The van der Waals surface area contributed by atoms with Gasteiger partial charge in [0.05, 0.1) is 27.4 Å². The lowest BCUT2D eigenvalue weighted by atomic mass is 10.4. The van der Waals surface area contributed by atoms with Crippen LogP contribution < -0.4 is 5.32 Å². The summed E-state index contributed by atoms with van der Waals surface area (Å²) in [7, 11) is -1.98. The molecule has 0 heterocycles. The summed E-state index contributed by atoms with van der Waals surface area (Å²) in [5.74, 6) is -0.357. The maximum atomic E-state index is 11.1. The lowest BCUT2D eigenvalue weighted by Crippen LogP contribution is -2.28. The van der Waals surface area contributed by atoms with Crippen LogP contribution >= 0.6 is 8.15 Å². The molecule has 0 aromatic rings. The van der Waals surface area contributed by atoms with E-state index in [0.717, 1.165) is 0 Å². The molecule has 0 aromatic heterocycles. The van der Waals surface area contributed by atoms with Gasteiger partial charge in [0.15, 0.2) is 5.52 Å². The van der Waals surface area contributed by atoms with Gasteiger partial charge in [-0.3, -0.25) is 9.59 Å². The van der Waals surface area contributed by atoms with Gasteiger partial charge >= 0.3 is 0 Å². The summed E-state index contributed by atoms with van der Waals surface area (Å²) < 4.78 is 0. The van der Waals surface area contributed by atoms with E-state index in [0.29, 0.717) is 0 Å². The summed E-state index contributed by atoms with van der Waals surface area (Å²) >= 11 is 0. The lowest BCUT2D eigenvalue weighted by molar-refractivity contribution is -0.121. The van der Waals surface area contributed by atoms with Crippen LogP contribution in [0.2, 0.25) is 0 Å². The van der Waals surface area contributed by atoms with Crippen molar-refractivity contribution in [3.8, 4) is 0 Å². The normalized spacial score (nSPS) is 14.6. The minimum Gasteiger partial charge on any atom is -0.394 e. The molecule has 0 spiro atoms. The third kappa shape index (κ3) is 5.99. The predicted molar refractivity (Wildman–Crippen MR) is 50.8 cm³/mol. The van der Waals surface area contributed by atoms with E-state index in [1.54, 1.807) is 0 Å². The van der Waals surface area contributed by atoms with E-state index in [9.17, 15) is 14.5 Å². The molecule has 7 heteroatoms. The first kappa shape index (κ1) is 13.4. The summed E-state index contributed by atoms with van der Waals surface area (Å²) in [6.45, 7) is 0.526.